The quantitative estimate of drug-likeness (QED) is 0.0869. The first kappa shape index (κ1) is 39.8. The van der Waals surface area contributed by atoms with Gasteiger partial charge in [-0.1, -0.05) is 23.5 Å². The Hall–Kier alpha value is -4.38. The summed E-state index contributed by atoms with van der Waals surface area (Å²) in [5.74, 6) is -15.9. The van der Waals surface area contributed by atoms with E-state index in [2.05, 4.69) is 20.5 Å². The van der Waals surface area contributed by atoms with Gasteiger partial charge in [-0.25, -0.2) is 0 Å². The third-order valence-corrected chi connectivity index (χ3v) is 10.6. The number of alkyl halides is 6. The molecule has 0 saturated heterocycles. The van der Waals surface area contributed by atoms with Crippen LogP contribution in [0.4, 0.5) is 60.5 Å². The summed E-state index contributed by atoms with van der Waals surface area (Å²) in [6, 6.07) is 25.2. The smallest absolute Gasteiger partial charge is 0.381 e. The molecule has 4 aromatic rings. The lowest BCUT2D eigenvalue weighted by atomic mass is 10.2. The topological polar surface area (TPSA) is 96.4 Å². The van der Waals surface area contributed by atoms with Gasteiger partial charge in [-0.05, 0) is 111 Å². The number of benzene rings is 4. The molecule has 0 unspecified atom stereocenters. The summed E-state index contributed by atoms with van der Waals surface area (Å²) in [6.45, 7) is 6.30. The van der Waals surface area contributed by atoms with Crippen LogP contribution in [-0.2, 0) is 0 Å². The molecule has 0 heterocycles. The molecule has 4 aromatic carbocycles. The normalized spacial score (nSPS) is 16.2. The average molecular weight is 775 g/mol. The van der Waals surface area contributed by atoms with Gasteiger partial charge in [0.05, 0.1) is 45.8 Å². The SMILES string of the molecule is CCN(CCO)c1ccc(N=Nc2ccc(SC3=C(Sc4ccc(N=Nc5ccc(N(CC)CCO)cc5)cc4)C(F)(F)C(F)(F)C3(F)F)cc2)cc1. The van der Waals surface area contributed by atoms with E-state index < -0.39 is 27.6 Å². The molecule has 0 bridgehead atoms. The van der Waals surface area contributed by atoms with Crippen molar-refractivity contribution in [2.45, 2.75) is 41.4 Å². The summed E-state index contributed by atoms with van der Waals surface area (Å²) in [4.78, 5) is 1.12. The summed E-state index contributed by atoms with van der Waals surface area (Å²) in [5.41, 5.74) is 3.47. The van der Waals surface area contributed by atoms with Crippen LogP contribution in [0.5, 0.6) is 0 Å². The molecule has 1 aliphatic carbocycles. The maximum absolute atomic E-state index is 15.1. The molecule has 53 heavy (non-hydrogen) atoms. The van der Waals surface area contributed by atoms with Gasteiger partial charge in [0.1, 0.15) is 0 Å². The van der Waals surface area contributed by atoms with Crippen molar-refractivity contribution in [1.29, 1.82) is 0 Å². The van der Waals surface area contributed by atoms with Crippen molar-refractivity contribution in [2.75, 3.05) is 49.2 Å². The maximum Gasteiger partial charge on any atom is 0.381 e. The third kappa shape index (κ3) is 8.88. The van der Waals surface area contributed by atoms with E-state index in [4.69, 9.17) is 0 Å². The number of allylic oxidation sites excluding steroid dienone is 2. The fraction of sp³-hybridized carbons (Fsp3) is 0.297. The van der Waals surface area contributed by atoms with E-state index in [0.717, 1.165) is 11.4 Å². The number of anilines is 2. The number of aliphatic hydroxyl groups is 2. The minimum atomic E-state index is -5.66. The first-order chi connectivity index (χ1) is 25.3. The van der Waals surface area contributed by atoms with E-state index in [1.54, 1.807) is 24.3 Å². The van der Waals surface area contributed by atoms with E-state index in [1.165, 1.54) is 48.5 Å². The van der Waals surface area contributed by atoms with Gasteiger partial charge >= 0.3 is 17.8 Å². The zero-order valence-electron chi connectivity index (χ0n) is 28.6. The van der Waals surface area contributed by atoms with Crippen molar-refractivity contribution in [3.05, 3.63) is 107 Å². The predicted octanol–water partition coefficient (Wildman–Crippen LogP) is 11.2. The summed E-state index contributed by atoms with van der Waals surface area (Å²) in [6.07, 6.45) is 0. The van der Waals surface area contributed by atoms with Crippen LogP contribution < -0.4 is 9.80 Å². The maximum atomic E-state index is 15.1. The van der Waals surface area contributed by atoms with E-state index in [-0.39, 0.29) is 46.5 Å². The highest BCUT2D eigenvalue weighted by atomic mass is 32.2. The fourth-order valence-corrected chi connectivity index (χ4v) is 7.48. The van der Waals surface area contributed by atoms with Crippen molar-refractivity contribution in [2.24, 2.45) is 20.5 Å². The molecule has 16 heteroatoms. The summed E-state index contributed by atoms with van der Waals surface area (Å²) < 4.78 is 89.7. The molecular formula is C37H36F6N6O2S2. The van der Waals surface area contributed by atoms with E-state index in [1.807, 2.05) is 47.9 Å². The van der Waals surface area contributed by atoms with Crippen LogP contribution in [0.1, 0.15) is 13.8 Å². The van der Waals surface area contributed by atoms with E-state index >= 15 is 17.6 Å². The lowest BCUT2D eigenvalue weighted by Gasteiger charge is -2.25. The molecule has 8 nitrogen and oxygen atoms in total. The van der Waals surface area contributed by atoms with Gasteiger partial charge in [0, 0.05) is 47.3 Å². The zero-order chi connectivity index (χ0) is 38.2. The van der Waals surface area contributed by atoms with Gasteiger partial charge in [0.25, 0.3) is 0 Å². The lowest BCUT2D eigenvalue weighted by Crippen LogP contribution is -2.48. The fourth-order valence-electron chi connectivity index (χ4n) is 5.26. The van der Waals surface area contributed by atoms with Crippen LogP contribution in [0.15, 0.2) is 137 Å². The monoisotopic (exact) mass is 774 g/mol. The second kappa shape index (κ2) is 17.2. The molecular weight excluding hydrogens is 739 g/mol. The molecule has 2 N–H and O–H groups in total. The number of rotatable bonds is 16. The van der Waals surface area contributed by atoms with Crippen LogP contribution in [0.25, 0.3) is 0 Å². The molecule has 0 fully saturated rings. The molecule has 0 radical (unpaired) electrons. The van der Waals surface area contributed by atoms with Crippen molar-refractivity contribution in [1.82, 2.24) is 0 Å². The number of nitrogens with zero attached hydrogens (tertiary/aromatic N) is 6. The minimum Gasteiger partial charge on any atom is -0.395 e. The Morgan fingerprint density at radius 3 is 1.04 bits per heavy atom. The van der Waals surface area contributed by atoms with Crippen LogP contribution in [0, 0.1) is 0 Å². The van der Waals surface area contributed by atoms with Crippen molar-refractivity contribution >= 4 is 57.6 Å². The number of thioether (sulfide) groups is 2. The first-order valence-electron chi connectivity index (χ1n) is 16.5. The number of likely N-dealkylation sites (N-methyl/N-ethyl adjacent to an activating group) is 2. The van der Waals surface area contributed by atoms with Crippen molar-refractivity contribution < 1.29 is 36.6 Å². The van der Waals surface area contributed by atoms with Crippen LogP contribution in [-0.4, -0.2) is 67.4 Å². The highest BCUT2D eigenvalue weighted by Gasteiger charge is 2.80. The standard InChI is InChI=1S/C37H36F6N6O2S2/c1-3-48(21-23-50)29-13-5-25(6-14-29)44-46-27-9-17-31(18-10-27)52-33-34(36(40,41)37(42,43)35(33,38)39)53-32-19-11-28(12-20-32)47-45-26-7-15-30(16-8-26)49(4-2)22-24-51/h5-20,50-51H,3-4,21-24H2,1-2H3. The Labute approximate surface area is 311 Å². The highest BCUT2D eigenvalue weighted by Crippen LogP contribution is 2.66. The molecule has 1 aliphatic rings. The highest BCUT2D eigenvalue weighted by molar-refractivity contribution is 8.07. The van der Waals surface area contributed by atoms with Crippen LogP contribution in [0.2, 0.25) is 0 Å². The molecule has 0 atom stereocenters. The van der Waals surface area contributed by atoms with Gasteiger partial charge in [-0.2, -0.15) is 46.8 Å². The Morgan fingerprint density at radius 2 is 0.774 bits per heavy atom. The number of aliphatic hydroxyl groups excluding tert-OH is 2. The molecule has 0 aromatic heterocycles. The Morgan fingerprint density at radius 1 is 0.491 bits per heavy atom. The van der Waals surface area contributed by atoms with Gasteiger partial charge in [0.2, 0.25) is 0 Å². The average Bonchev–Trinajstić information content (AvgIpc) is 3.25. The van der Waals surface area contributed by atoms with Gasteiger partial charge < -0.3 is 20.0 Å². The Balaban J connectivity index is 1.30. The summed E-state index contributed by atoms with van der Waals surface area (Å²) >= 11 is 0.289. The summed E-state index contributed by atoms with van der Waals surface area (Å²) in [7, 11) is 0. The van der Waals surface area contributed by atoms with E-state index in [0.29, 0.717) is 48.9 Å². The second-order valence-electron chi connectivity index (χ2n) is 11.6. The Bertz CT molecular complexity index is 1770. The molecule has 5 rings (SSSR count). The molecule has 0 saturated carbocycles. The van der Waals surface area contributed by atoms with Crippen molar-refractivity contribution in [3.8, 4) is 0 Å². The van der Waals surface area contributed by atoms with E-state index in [9.17, 15) is 19.0 Å². The Kier molecular flexibility index (Phi) is 12.9. The molecule has 0 spiro atoms. The number of azo groups is 2. The number of hydrogen-bond donors (Lipinski definition) is 2. The number of hydrogen-bond acceptors (Lipinski definition) is 10. The van der Waals surface area contributed by atoms with Gasteiger partial charge in [-0.3, -0.25) is 0 Å². The third-order valence-electron chi connectivity index (χ3n) is 8.17. The molecule has 280 valence electrons. The molecule has 0 amide bonds. The first-order valence-corrected chi connectivity index (χ1v) is 18.2. The zero-order valence-corrected chi connectivity index (χ0v) is 30.3. The predicted molar refractivity (Wildman–Crippen MR) is 198 cm³/mol. The molecule has 0 aliphatic heterocycles. The van der Waals surface area contributed by atoms with Crippen LogP contribution in [0.3, 0.4) is 0 Å². The van der Waals surface area contributed by atoms with Gasteiger partial charge in [0.15, 0.2) is 0 Å². The number of halogens is 6. The summed E-state index contributed by atoms with van der Waals surface area (Å²) in [5, 5.41) is 35.0. The second-order valence-corrected chi connectivity index (χ2v) is 13.8. The minimum absolute atomic E-state index is 0.00969. The lowest BCUT2D eigenvalue weighted by molar-refractivity contribution is -0.261. The van der Waals surface area contributed by atoms with Crippen LogP contribution >= 0.6 is 23.5 Å². The largest absolute Gasteiger partial charge is 0.395 e. The van der Waals surface area contributed by atoms with Gasteiger partial charge in [-0.15, -0.1) is 0 Å². The van der Waals surface area contributed by atoms with Crippen molar-refractivity contribution in [3.63, 3.8) is 0 Å².